The van der Waals surface area contributed by atoms with Crippen molar-refractivity contribution in [1.29, 1.82) is 5.26 Å². The van der Waals surface area contributed by atoms with E-state index in [1.54, 1.807) is 11.6 Å². The molecule has 1 unspecified atom stereocenters. The third-order valence-electron chi connectivity index (χ3n) is 3.82. The van der Waals surface area contributed by atoms with Crippen LogP contribution in [-0.2, 0) is 12.1 Å². The third kappa shape index (κ3) is 1.84. The van der Waals surface area contributed by atoms with Crippen LogP contribution in [0.2, 0.25) is 0 Å². The van der Waals surface area contributed by atoms with Crippen LogP contribution in [0.4, 0.5) is 13.2 Å². The Morgan fingerprint density at radius 1 is 1.41 bits per heavy atom. The first-order chi connectivity index (χ1) is 10.2. The molecule has 2 atom stereocenters. The second kappa shape index (κ2) is 4.33. The molecule has 1 N–H and O–H groups in total. The quantitative estimate of drug-likeness (QED) is 0.873. The molecule has 0 saturated carbocycles. The number of hydrogen-bond acceptors (Lipinski definition) is 4. The highest BCUT2D eigenvalue weighted by Crippen LogP contribution is 2.41. The summed E-state index contributed by atoms with van der Waals surface area (Å²) in [6.07, 6.45) is -3.58. The molecule has 0 aliphatic carbocycles. The largest absolute Gasteiger partial charge is 0.424 e. The third-order valence-corrected chi connectivity index (χ3v) is 3.82. The smallest absolute Gasteiger partial charge is 0.374 e. The minimum absolute atomic E-state index is 0.181. The van der Waals surface area contributed by atoms with Crippen LogP contribution in [-0.4, -0.2) is 30.6 Å². The normalized spacial score (nSPS) is 20.0. The average Bonchev–Trinajstić information content (AvgIpc) is 3.00. The molecule has 1 aliphatic heterocycles. The molecule has 0 radical (unpaired) electrons. The summed E-state index contributed by atoms with van der Waals surface area (Å²) in [7, 11) is 0. The summed E-state index contributed by atoms with van der Waals surface area (Å²) in [5, 5.41) is 22.9. The minimum Gasteiger partial charge on any atom is -0.374 e. The molecule has 6 nitrogen and oxygen atoms in total. The molecule has 0 spiro atoms. The summed E-state index contributed by atoms with van der Waals surface area (Å²) in [4.78, 5) is 3.79. The zero-order chi connectivity index (χ0) is 16.3. The van der Waals surface area contributed by atoms with Gasteiger partial charge in [0.1, 0.15) is 6.07 Å². The van der Waals surface area contributed by atoms with Gasteiger partial charge in [0.15, 0.2) is 11.5 Å². The first-order valence-electron chi connectivity index (χ1n) is 6.52. The Morgan fingerprint density at radius 3 is 2.68 bits per heavy atom. The van der Waals surface area contributed by atoms with Gasteiger partial charge in [-0.05, 0) is 13.8 Å². The molecule has 2 aromatic heterocycles. The SMILES string of the molecule is C[C@H]1Cn2nc(C#N)cc2-c2cnc(C(C)(O)C(F)(F)F)n21. The van der Waals surface area contributed by atoms with Crippen LogP contribution in [0.5, 0.6) is 0 Å². The van der Waals surface area contributed by atoms with Crippen molar-refractivity contribution in [3.05, 3.63) is 23.8 Å². The van der Waals surface area contributed by atoms with E-state index in [9.17, 15) is 18.3 Å². The lowest BCUT2D eigenvalue weighted by Gasteiger charge is -2.31. The van der Waals surface area contributed by atoms with Crippen LogP contribution in [0.25, 0.3) is 11.4 Å². The van der Waals surface area contributed by atoms with Crippen LogP contribution < -0.4 is 0 Å². The second-order valence-corrected chi connectivity index (χ2v) is 5.46. The van der Waals surface area contributed by atoms with Gasteiger partial charge in [0, 0.05) is 6.07 Å². The van der Waals surface area contributed by atoms with Crippen LogP contribution >= 0.6 is 0 Å². The molecule has 116 valence electrons. The molecule has 0 fully saturated rings. The molecule has 22 heavy (non-hydrogen) atoms. The Balaban J connectivity index is 2.20. The van der Waals surface area contributed by atoms with Gasteiger partial charge in [0.05, 0.1) is 30.2 Å². The van der Waals surface area contributed by atoms with Crippen molar-refractivity contribution in [2.24, 2.45) is 0 Å². The average molecular weight is 311 g/mol. The lowest BCUT2D eigenvalue weighted by Crippen LogP contribution is -2.42. The van der Waals surface area contributed by atoms with Crippen molar-refractivity contribution < 1.29 is 18.3 Å². The summed E-state index contributed by atoms with van der Waals surface area (Å²) in [5.74, 6) is -0.464. The lowest BCUT2D eigenvalue weighted by atomic mass is 10.0. The number of fused-ring (bicyclic) bond motifs is 3. The van der Waals surface area contributed by atoms with E-state index in [2.05, 4.69) is 10.1 Å². The Morgan fingerprint density at radius 2 is 2.09 bits per heavy atom. The fraction of sp³-hybridized carbons (Fsp3) is 0.462. The second-order valence-electron chi connectivity index (χ2n) is 5.46. The van der Waals surface area contributed by atoms with E-state index in [0.717, 1.165) is 0 Å². The zero-order valence-electron chi connectivity index (χ0n) is 11.8. The van der Waals surface area contributed by atoms with Crippen LogP contribution in [0, 0.1) is 11.3 Å². The Bertz CT molecular complexity index is 781. The standard InChI is InChI=1S/C13H12F3N5O/c1-7-6-20-9(3-8(4-17)19-20)10-5-18-11(21(7)10)12(2,22)13(14,15)16/h3,5,7,22H,6H2,1-2H3/t7-,12?/m0/s1. The van der Waals surface area contributed by atoms with Crippen molar-refractivity contribution in [3.8, 4) is 17.5 Å². The van der Waals surface area contributed by atoms with Gasteiger partial charge in [0.2, 0.25) is 5.60 Å². The van der Waals surface area contributed by atoms with E-state index in [1.807, 2.05) is 6.07 Å². The molecule has 3 rings (SSSR count). The monoisotopic (exact) mass is 311 g/mol. The van der Waals surface area contributed by atoms with Crippen LogP contribution in [0.3, 0.4) is 0 Å². The first-order valence-corrected chi connectivity index (χ1v) is 6.52. The minimum atomic E-state index is -4.84. The molecule has 1 aliphatic rings. The van der Waals surface area contributed by atoms with Gasteiger partial charge >= 0.3 is 6.18 Å². The maximum Gasteiger partial charge on any atom is 0.424 e. The molecule has 0 amide bonds. The summed E-state index contributed by atoms with van der Waals surface area (Å²) >= 11 is 0. The van der Waals surface area contributed by atoms with E-state index in [0.29, 0.717) is 24.9 Å². The summed E-state index contributed by atoms with van der Waals surface area (Å²) in [6.45, 7) is 2.68. The van der Waals surface area contributed by atoms with Crippen LogP contribution in [0.15, 0.2) is 12.3 Å². The van der Waals surface area contributed by atoms with Crippen molar-refractivity contribution in [2.45, 2.75) is 38.2 Å². The number of imidazole rings is 1. The number of alkyl halides is 3. The van der Waals surface area contributed by atoms with Crippen LogP contribution in [0.1, 0.15) is 31.4 Å². The Kier molecular flexibility index (Phi) is 2.87. The predicted octanol–water partition coefficient (Wildman–Crippen LogP) is 1.96. The van der Waals surface area contributed by atoms with E-state index in [-0.39, 0.29) is 11.7 Å². The van der Waals surface area contributed by atoms with Gasteiger partial charge in [-0.3, -0.25) is 4.68 Å². The van der Waals surface area contributed by atoms with Gasteiger partial charge in [0.25, 0.3) is 0 Å². The molecular weight excluding hydrogens is 299 g/mol. The Labute approximate surface area is 123 Å². The Hall–Kier alpha value is -2.34. The van der Waals surface area contributed by atoms with Crippen molar-refractivity contribution in [3.63, 3.8) is 0 Å². The van der Waals surface area contributed by atoms with Gasteiger partial charge in [-0.25, -0.2) is 4.98 Å². The van der Waals surface area contributed by atoms with E-state index < -0.39 is 17.6 Å². The van der Waals surface area contributed by atoms with Gasteiger partial charge in [-0.1, -0.05) is 0 Å². The molecule has 9 heteroatoms. The van der Waals surface area contributed by atoms with Gasteiger partial charge in [-0.2, -0.15) is 23.5 Å². The topological polar surface area (TPSA) is 79.7 Å². The predicted molar refractivity (Wildman–Crippen MR) is 68.5 cm³/mol. The molecule has 3 heterocycles. The lowest BCUT2D eigenvalue weighted by molar-refractivity contribution is -0.262. The first kappa shape index (κ1) is 14.6. The number of rotatable bonds is 1. The highest BCUT2D eigenvalue weighted by Gasteiger charge is 2.55. The fourth-order valence-electron chi connectivity index (χ4n) is 2.63. The number of hydrogen-bond donors (Lipinski definition) is 1. The maximum absolute atomic E-state index is 13.1. The highest BCUT2D eigenvalue weighted by molar-refractivity contribution is 5.58. The summed E-state index contributed by atoms with van der Waals surface area (Å²) < 4.78 is 42.2. The molecular formula is C13H12F3N5O. The number of aromatic nitrogens is 4. The number of nitriles is 1. The summed E-state index contributed by atoms with van der Waals surface area (Å²) in [6, 6.07) is 3.00. The number of nitrogens with zero attached hydrogens (tertiary/aromatic N) is 5. The van der Waals surface area contributed by atoms with E-state index in [1.165, 1.54) is 16.8 Å². The van der Waals surface area contributed by atoms with Gasteiger partial charge < -0.3 is 9.67 Å². The molecule has 2 aromatic rings. The van der Waals surface area contributed by atoms with E-state index >= 15 is 0 Å². The van der Waals surface area contributed by atoms with Crippen molar-refractivity contribution >= 4 is 0 Å². The maximum atomic E-state index is 13.1. The molecule has 0 bridgehead atoms. The zero-order valence-corrected chi connectivity index (χ0v) is 11.8. The molecule has 0 saturated heterocycles. The highest BCUT2D eigenvalue weighted by atomic mass is 19.4. The fourth-order valence-corrected chi connectivity index (χ4v) is 2.63. The van der Waals surface area contributed by atoms with Crippen molar-refractivity contribution in [1.82, 2.24) is 19.3 Å². The number of halogens is 3. The molecule has 0 aromatic carbocycles. The number of aliphatic hydroxyl groups is 1. The van der Waals surface area contributed by atoms with Gasteiger partial charge in [-0.15, -0.1) is 0 Å². The van der Waals surface area contributed by atoms with Crippen molar-refractivity contribution in [2.75, 3.05) is 0 Å². The summed E-state index contributed by atoms with van der Waals surface area (Å²) in [5.41, 5.74) is -1.97. The van der Waals surface area contributed by atoms with E-state index in [4.69, 9.17) is 5.26 Å².